The molecule has 0 aromatic heterocycles. The summed E-state index contributed by atoms with van der Waals surface area (Å²) in [5.41, 5.74) is 1.90. The molecule has 2 aliphatic heterocycles. The van der Waals surface area contributed by atoms with Gasteiger partial charge >= 0.3 is 13.1 Å². The third-order valence-corrected chi connectivity index (χ3v) is 11.3. The molecule has 1 aromatic carbocycles. The van der Waals surface area contributed by atoms with Crippen LogP contribution in [0.2, 0.25) is 6.32 Å². The smallest absolute Gasteiger partial charge is 0.457 e. The second-order valence-corrected chi connectivity index (χ2v) is 15.8. The van der Waals surface area contributed by atoms with Gasteiger partial charge in [-0.15, -0.1) is 0 Å². The van der Waals surface area contributed by atoms with Gasteiger partial charge in [-0.25, -0.2) is 4.79 Å². The normalized spacial score (nSPS) is 33.6. The Morgan fingerprint density at radius 3 is 2.48 bits per heavy atom. The number of rotatable bonds is 7. The Hall–Kier alpha value is -2.06. The molecule has 4 aliphatic carbocycles. The molecule has 1 amide bonds. The van der Waals surface area contributed by atoms with Crippen LogP contribution < -0.4 is 4.74 Å². The van der Waals surface area contributed by atoms with Crippen LogP contribution in [0, 0.1) is 36.0 Å². The van der Waals surface area contributed by atoms with Crippen molar-refractivity contribution >= 4 is 19.0 Å². The van der Waals surface area contributed by atoms with E-state index >= 15 is 0 Å². The Morgan fingerprint density at radius 1 is 1.10 bits per heavy atom. The SMILES string of the molecule is Cc1c(CCB2O[C@@H]3C[C@@H]4C[C@@H](C4(C)C)[C@]3(C)O2)ccc(OC2CN(C(=O)[C@H]3CC[C@@H](C)C3)C2)c1C(=O)OC(C)(C)C. The highest BCUT2D eigenvalue weighted by Crippen LogP contribution is 2.65. The van der Waals surface area contributed by atoms with E-state index < -0.39 is 5.60 Å². The van der Waals surface area contributed by atoms with Crippen molar-refractivity contribution in [2.24, 2.45) is 29.1 Å². The van der Waals surface area contributed by atoms with E-state index in [4.69, 9.17) is 18.8 Å². The van der Waals surface area contributed by atoms with Crippen LogP contribution in [-0.2, 0) is 25.3 Å². The van der Waals surface area contributed by atoms with E-state index in [0.717, 1.165) is 55.5 Å². The minimum absolute atomic E-state index is 0.126. The van der Waals surface area contributed by atoms with E-state index in [1.165, 1.54) is 6.42 Å². The summed E-state index contributed by atoms with van der Waals surface area (Å²) in [4.78, 5) is 28.3. The predicted octanol–water partition coefficient (Wildman–Crippen LogP) is 6.25. The van der Waals surface area contributed by atoms with Crippen molar-refractivity contribution in [1.29, 1.82) is 0 Å². The number of amides is 1. The van der Waals surface area contributed by atoms with Crippen LogP contribution in [0.25, 0.3) is 0 Å². The number of nitrogens with zero attached hydrogens (tertiary/aromatic N) is 1. The summed E-state index contributed by atoms with van der Waals surface area (Å²) in [5.74, 6) is 2.45. The third-order valence-electron chi connectivity index (χ3n) is 11.3. The van der Waals surface area contributed by atoms with Crippen LogP contribution in [0.5, 0.6) is 5.75 Å². The van der Waals surface area contributed by atoms with E-state index in [9.17, 15) is 9.59 Å². The van der Waals surface area contributed by atoms with Gasteiger partial charge in [0.15, 0.2) is 0 Å². The van der Waals surface area contributed by atoms with Crippen LogP contribution in [0.15, 0.2) is 12.1 Å². The average Bonchev–Trinajstić information content (AvgIpc) is 3.45. The van der Waals surface area contributed by atoms with Crippen LogP contribution in [-0.4, -0.2) is 60.4 Å². The Labute approximate surface area is 252 Å². The maximum atomic E-state index is 13.5. The van der Waals surface area contributed by atoms with Gasteiger partial charge in [0.2, 0.25) is 5.91 Å². The van der Waals surface area contributed by atoms with E-state index in [-0.39, 0.29) is 42.7 Å². The Balaban J connectivity index is 1.13. The summed E-state index contributed by atoms with van der Waals surface area (Å²) < 4.78 is 25.3. The summed E-state index contributed by atoms with van der Waals surface area (Å²) in [6.07, 6.45) is 6.93. The molecule has 2 bridgehead atoms. The quantitative estimate of drug-likeness (QED) is 0.281. The summed E-state index contributed by atoms with van der Waals surface area (Å²) >= 11 is 0. The fourth-order valence-corrected chi connectivity index (χ4v) is 8.59. The molecule has 6 fully saturated rings. The number of likely N-dealkylation sites (tertiary alicyclic amines) is 1. The standard InChI is InChI=1S/C34H50BNO6/c1-20-9-10-23(15-20)30(37)36-18-25(19-36)39-26-12-11-22(21(2)29(26)31(38)40-32(3,4)5)13-14-35-41-28-17-24-16-27(33(24,6)7)34(28,8)42-35/h11-12,20,23-25,27-28H,9-10,13-19H2,1-8H3/t20-,23+,24+,27+,28-,34+/m1/s1. The van der Waals surface area contributed by atoms with Crippen LogP contribution in [0.1, 0.15) is 102 Å². The minimum Gasteiger partial charge on any atom is -0.486 e. The Bertz CT molecular complexity index is 1240. The molecule has 7 nitrogen and oxygen atoms in total. The molecular weight excluding hydrogens is 529 g/mol. The van der Waals surface area contributed by atoms with Crippen molar-refractivity contribution in [1.82, 2.24) is 4.90 Å². The van der Waals surface area contributed by atoms with E-state index in [1.807, 2.05) is 38.7 Å². The van der Waals surface area contributed by atoms with Crippen molar-refractivity contribution in [2.75, 3.05) is 13.1 Å². The second-order valence-electron chi connectivity index (χ2n) is 15.8. The molecule has 0 spiro atoms. The van der Waals surface area contributed by atoms with Gasteiger partial charge in [-0.2, -0.15) is 0 Å². The maximum absolute atomic E-state index is 13.5. The van der Waals surface area contributed by atoms with Gasteiger partial charge in [-0.3, -0.25) is 4.79 Å². The van der Waals surface area contributed by atoms with Crippen LogP contribution in [0.4, 0.5) is 0 Å². The molecule has 0 radical (unpaired) electrons. The van der Waals surface area contributed by atoms with E-state index in [1.54, 1.807) is 0 Å². The third kappa shape index (κ3) is 5.29. The van der Waals surface area contributed by atoms with E-state index in [2.05, 4.69) is 33.8 Å². The lowest BCUT2D eigenvalue weighted by Gasteiger charge is -2.64. The second kappa shape index (κ2) is 10.5. The molecule has 7 rings (SSSR count). The molecule has 0 N–H and O–H groups in total. The first-order chi connectivity index (χ1) is 19.7. The molecular formula is C34H50BNO6. The van der Waals surface area contributed by atoms with Crippen molar-refractivity contribution in [3.8, 4) is 5.75 Å². The fraction of sp³-hybridized carbons (Fsp3) is 0.765. The number of esters is 1. The number of ether oxygens (including phenoxy) is 2. The first-order valence-electron chi connectivity index (χ1n) is 16.3. The molecule has 1 aromatic rings. The number of carbonyl (C=O) groups excluding carboxylic acids is 2. The number of carbonyl (C=O) groups is 2. The average molecular weight is 580 g/mol. The molecule has 6 aliphatic rings. The first kappa shape index (κ1) is 30.0. The first-order valence-corrected chi connectivity index (χ1v) is 16.3. The Morgan fingerprint density at radius 2 is 1.83 bits per heavy atom. The zero-order valence-corrected chi connectivity index (χ0v) is 27.0. The predicted molar refractivity (Wildman–Crippen MR) is 162 cm³/mol. The van der Waals surface area contributed by atoms with Crippen LogP contribution in [0.3, 0.4) is 0 Å². The number of benzene rings is 1. The van der Waals surface area contributed by atoms with Gasteiger partial charge < -0.3 is 23.7 Å². The van der Waals surface area contributed by atoms with Crippen molar-refractivity contribution < 1.29 is 28.4 Å². The molecule has 8 heteroatoms. The topological polar surface area (TPSA) is 74.3 Å². The largest absolute Gasteiger partial charge is 0.486 e. The lowest BCUT2D eigenvalue weighted by molar-refractivity contribution is -0.199. The van der Waals surface area contributed by atoms with Crippen molar-refractivity contribution in [2.45, 2.75) is 124 Å². The zero-order valence-electron chi connectivity index (χ0n) is 27.0. The monoisotopic (exact) mass is 579 g/mol. The van der Waals surface area contributed by atoms with Gasteiger partial charge in [-0.05, 0) is 120 Å². The summed E-state index contributed by atoms with van der Waals surface area (Å²) in [5, 5.41) is 0. The van der Waals surface area contributed by atoms with Gasteiger partial charge in [-0.1, -0.05) is 26.8 Å². The highest BCUT2D eigenvalue weighted by Gasteiger charge is 2.67. The van der Waals surface area contributed by atoms with Crippen LogP contribution >= 0.6 is 0 Å². The molecule has 42 heavy (non-hydrogen) atoms. The summed E-state index contributed by atoms with van der Waals surface area (Å²) in [6.45, 7) is 18.0. The van der Waals surface area contributed by atoms with Gasteiger partial charge in [0.1, 0.15) is 23.0 Å². The molecule has 230 valence electrons. The lowest BCUT2D eigenvalue weighted by atomic mass is 9.43. The van der Waals surface area contributed by atoms with Crippen molar-refractivity contribution in [3.05, 3.63) is 28.8 Å². The maximum Gasteiger partial charge on any atom is 0.457 e. The molecule has 2 saturated heterocycles. The summed E-state index contributed by atoms with van der Waals surface area (Å²) in [7, 11) is -0.239. The lowest BCUT2D eigenvalue weighted by Crippen LogP contribution is -2.65. The minimum atomic E-state index is -0.624. The molecule has 2 heterocycles. The van der Waals surface area contributed by atoms with Gasteiger partial charge in [0, 0.05) is 5.92 Å². The number of hydrogen-bond acceptors (Lipinski definition) is 6. The highest BCUT2D eigenvalue weighted by molar-refractivity contribution is 6.45. The summed E-state index contributed by atoms with van der Waals surface area (Å²) in [6, 6.07) is 3.96. The number of hydrogen-bond donors (Lipinski definition) is 0. The molecule has 0 unspecified atom stereocenters. The molecule has 6 atom stereocenters. The highest BCUT2D eigenvalue weighted by atomic mass is 16.7. The van der Waals surface area contributed by atoms with E-state index in [0.29, 0.717) is 41.7 Å². The van der Waals surface area contributed by atoms with Gasteiger partial charge in [0.05, 0.1) is 24.8 Å². The van der Waals surface area contributed by atoms with Crippen molar-refractivity contribution in [3.63, 3.8) is 0 Å². The zero-order chi connectivity index (χ0) is 30.2. The number of aryl methyl sites for hydroxylation is 1. The molecule has 4 saturated carbocycles. The fourth-order valence-electron chi connectivity index (χ4n) is 8.59. The van der Waals surface area contributed by atoms with Gasteiger partial charge in [0.25, 0.3) is 0 Å². The Kier molecular flexibility index (Phi) is 7.53.